The lowest BCUT2D eigenvalue weighted by molar-refractivity contribution is 0.0952. The Bertz CT molecular complexity index is 363. The van der Waals surface area contributed by atoms with E-state index in [1.54, 1.807) is 18.5 Å². The molecule has 0 saturated heterocycles. The molecule has 0 spiro atoms. The van der Waals surface area contributed by atoms with Crippen molar-refractivity contribution < 1.29 is 4.79 Å². The first kappa shape index (κ1) is 13.5. The van der Waals surface area contributed by atoms with Gasteiger partial charge in [-0.05, 0) is 25.3 Å². The van der Waals surface area contributed by atoms with Crippen LogP contribution in [-0.2, 0) is 0 Å². The summed E-state index contributed by atoms with van der Waals surface area (Å²) in [6.45, 7) is 7.77. The normalized spacial score (nSPS) is 10.4. The third-order valence-electron chi connectivity index (χ3n) is 2.44. The fourth-order valence-corrected chi connectivity index (χ4v) is 1.49. The number of aromatic nitrogens is 1. The van der Waals surface area contributed by atoms with E-state index in [2.05, 4.69) is 29.5 Å². The molecule has 0 aliphatic carbocycles. The van der Waals surface area contributed by atoms with Gasteiger partial charge >= 0.3 is 0 Å². The molecule has 4 nitrogen and oxygen atoms in total. The van der Waals surface area contributed by atoms with Crippen LogP contribution in [0.15, 0.2) is 18.5 Å². The molecule has 1 heterocycles. The van der Waals surface area contributed by atoms with Gasteiger partial charge in [0.1, 0.15) is 0 Å². The molecule has 0 atom stereocenters. The van der Waals surface area contributed by atoms with Crippen LogP contribution >= 0.6 is 0 Å². The minimum absolute atomic E-state index is 0.0380. The van der Waals surface area contributed by atoms with Crippen LogP contribution in [0.4, 0.5) is 5.69 Å². The number of nitrogens with one attached hydrogen (secondary N) is 2. The van der Waals surface area contributed by atoms with Crippen molar-refractivity contribution in [3.05, 3.63) is 24.0 Å². The second-order valence-corrected chi connectivity index (χ2v) is 4.39. The van der Waals surface area contributed by atoms with E-state index in [4.69, 9.17) is 0 Å². The molecule has 1 amide bonds. The molecule has 0 bridgehead atoms. The molecule has 17 heavy (non-hydrogen) atoms. The van der Waals surface area contributed by atoms with Crippen molar-refractivity contribution in [2.45, 2.75) is 27.2 Å². The van der Waals surface area contributed by atoms with Crippen LogP contribution in [-0.4, -0.2) is 24.0 Å². The van der Waals surface area contributed by atoms with Crippen molar-refractivity contribution in [2.75, 3.05) is 18.4 Å². The standard InChI is InChI=1S/C13H21N3O/c1-4-15-12-9-14-7-6-11(12)13(17)16-8-5-10(2)3/h6-7,9-10,15H,4-5,8H2,1-3H3,(H,16,17). The summed E-state index contributed by atoms with van der Waals surface area (Å²) in [6, 6.07) is 1.74. The Labute approximate surface area is 103 Å². The van der Waals surface area contributed by atoms with E-state index in [0.29, 0.717) is 18.0 Å². The van der Waals surface area contributed by atoms with Gasteiger partial charge < -0.3 is 10.6 Å². The largest absolute Gasteiger partial charge is 0.383 e. The van der Waals surface area contributed by atoms with Crippen LogP contribution in [0.5, 0.6) is 0 Å². The summed E-state index contributed by atoms with van der Waals surface area (Å²) in [4.78, 5) is 16.0. The van der Waals surface area contributed by atoms with Gasteiger partial charge in [0.15, 0.2) is 0 Å². The molecule has 1 rings (SSSR count). The summed E-state index contributed by atoms with van der Waals surface area (Å²) in [7, 11) is 0. The van der Waals surface area contributed by atoms with E-state index >= 15 is 0 Å². The maximum absolute atomic E-state index is 11.9. The predicted octanol–water partition coefficient (Wildman–Crippen LogP) is 2.29. The minimum Gasteiger partial charge on any atom is -0.383 e. The molecule has 4 heteroatoms. The molecule has 0 aliphatic rings. The van der Waals surface area contributed by atoms with Crippen LogP contribution in [0.3, 0.4) is 0 Å². The zero-order chi connectivity index (χ0) is 12.7. The summed E-state index contributed by atoms with van der Waals surface area (Å²) < 4.78 is 0. The van der Waals surface area contributed by atoms with E-state index in [1.165, 1.54) is 0 Å². The van der Waals surface area contributed by atoms with Gasteiger partial charge in [0, 0.05) is 19.3 Å². The smallest absolute Gasteiger partial charge is 0.253 e. The van der Waals surface area contributed by atoms with Crippen LogP contribution in [0, 0.1) is 5.92 Å². The number of hydrogen-bond donors (Lipinski definition) is 2. The summed E-state index contributed by atoms with van der Waals surface area (Å²) in [5.74, 6) is 0.560. The molecule has 1 aromatic heterocycles. The summed E-state index contributed by atoms with van der Waals surface area (Å²) >= 11 is 0. The second-order valence-electron chi connectivity index (χ2n) is 4.39. The van der Waals surface area contributed by atoms with Crippen molar-refractivity contribution >= 4 is 11.6 Å². The van der Waals surface area contributed by atoms with Crippen molar-refractivity contribution in [1.82, 2.24) is 10.3 Å². The number of nitrogens with zero attached hydrogens (tertiary/aromatic N) is 1. The van der Waals surface area contributed by atoms with Gasteiger partial charge in [0.05, 0.1) is 17.4 Å². The quantitative estimate of drug-likeness (QED) is 0.795. The average Bonchev–Trinajstić information content (AvgIpc) is 2.29. The molecule has 1 aromatic rings. The molecule has 0 fully saturated rings. The summed E-state index contributed by atoms with van der Waals surface area (Å²) in [5.41, 5.74) is 1.45. The number of anilines is 1. The topological polar surface area (TPSA) is 54.0 Å². The minimum atomic E-state index is -0.0380. The average molecular weight is 235 g/mol. The molecular weight excluding hydrogens is 214 g/mol. The Balaban J connectivity index is 2.61. The first-order valence-electron chi connectivity index (χ1n) is 6.11. The van der Waals surface area contributed by atoms with Crippen LogP contribution in [0.2, 0.25) is 0 Å². The molecular formula is C13H21N3O. The first-order chi connectivity index (χ1) is 8.15. The van der Waals surface area contributed by atoms with Gasteiger partial charge in [-0.1, -0.05) is 13.8 Å². The van der Waals surface area contributed by atoms with Gasteiger partial charge in [-0.2, -0.15) is 0 Å². The lowest BCUT2D eigenvalue weighted by Crippen LogP contribution is -2.26. The van der Waals surface area contributed by atoms with Crippen LogP contribution in [0.25, 0.3) is 0 Å². The number of amides is 1. The Morgan fingerprint density at radius 3 is 2.88 bits per heavy atom. The van der Waals surface area contributed by atoms with Crippen molar-refractivity contribution in [3.8, 4) is 0 Å². The van der Waals surface area contributed by atoms with E-state index < -0.39 is 0 Å². The number of rotatable bonds is 6. The lowest BCUT2D eigenvalue weighted by Gasteiger charge is -2.11. The van der Waals surface area contributed by atoms with Gasteiger partial charge in [0.25, 0.3) is 5.91 Å². The Hall–Kier alpha value is -1.58. The van der Waals surface area contributed by atoms with Gasteiger partial charge in [0.2, 0.25) is 0 Å². The van der Waals surface area contributed by atoms with E-state index in [1.807, 2.05) is 6.92 Å². The fourth-order valence-electron chi connectivity index (χ4n) is 1.49. The van der Waals surface area contributed by atoms with Gasteiger partial charge in [-0.25, -0.2) is 0 Å². The molecule has 0 aromatic carbocycles. The maximum atomic E-state index is 11.9. The van der Waals surface area contributed by atoms with Gasteiger partial charge in [-0.3, -0.25) is 9.78 Å². The van der Waals surface area contributed by atoms with E-state index in [9.17, 15) is 4.79 Å². The fraction of sp³-hybridized carbons (Fsp3) is 0.538. The first-order valence-corrected chi connectivity index (χ1v) is 6.11. The SMILES string of the molecule is CCNc1cnccc1C(=O)NCCC(C)C. The molecule has 0 unspecified atom stereocenters. The summed E-state index contributed by atoms with van der Waals surface area (Å²) in [6.07, 6.45) is 4.31. The number of pyridine rings is 1. The zero-order valence-corrected chi connectivity index (χ0v) is 10.8. The highest BCUT2D eigenvalue weighted by molar-refractivity contribution is 5.99. The number of carbonyl (C=O) groups excluding carboxylic acids is 1. The second kappa shape index (κ2) is 6.89. The zero-order valence-electron chi connectivity index (χ0n) is 10.8. The highest BCUT2D eigenvalue weighted by Gasteiger charge is 2.10. The third kappa shape index (κ3) is 4.43. The molecule has 94 valence electrons. The van der Waals surface area contributed by atoms with Crippen molar-refractivity contribution in [2.24, 2.45) is 5.92 Å². The van der Waals surface area contributed by atoms with Gasteiger partial charge in [-0.15, -0.1) is 0 Å². The van der Waals surface area contributed by atoms with E-state index in [-0.39, 0.29) is 5.91 Å². The van der Waals surface area contributed by atoms with Crippen molar-refractivity contribution in [3.63, 3.8) is 0 Å². The predicted molar refractivity (Wildman–Crippen MR) is 70.2 cm³/mol. The molecule has 0 saturated carbocycles. The van der Waals surface area contributed by atoms with E-state index in [0.717, 1.165) is 18.7 Å². The maximum Gasteiger partial charge on any atom is 0.253 e. The Kier molecular flexibility index (Phi) is 5.46. The molecule has 0 radical (unpaired) electrons. The number of hydrogen-bond acceptors (Lipinski definition) is 3. The Morgan fingerprint density at radius 2 is 2.24 bits per heavy atom. The molecule has 2 N–H and O–H groups in total. The summed E-state index contributed by atoms with van der Waals surface area (Å²) in [5, 5.41) is 6.06. The highest BCUT2D eigenvalue weighted by atomic mass is 16.1. The number of carbonyl (C=O) groups is 1. The third-order valence-corrected chi connectivity index (χ3v) is 2.44. The van der Waals surface area contributed by atoms with Crippen LogP contribution in [0.1, 0.15) is 37.6 Å². The monoisotopic (exact) mass is 235 g/mol. The van der Waals surface area contributed by atoms with Crippen LogP contribution < -0.4 is 10.6 Å². The lowest BCUT2D eigenvalue weighted by atomic mass is 10.1. The Morgan fingerprint density at radius 1 is 1.47 bits per heavy atom. The molecule has 0 aliphatic heterocycles. The highest BCUT2D eigenvalue weighted by Crippen LogP contribution is 2.12. The van der Waals surface area contributed by atoms with Crippen molar-refractivity contribution in [1.29, 1.82) is 0 Å².